The van der Waals surface area contributed by atoms with Crippen LogP contribution in [0.15, 0.2) is 24.3 Å². The minimum Gasteiger partial charge on any atom is -0.366 e. The first kappa shape index (κ1) is 14.5. The van der Waals surface area contributed by atoms with Gasteiger partial charge in [0, 0.05) is 30.3 Å². The summed E-state index contributed by atoms with van der Waals surface area (Å²) in [5, 5.41) is 3.41. The predicted molar refractivity (Wildman–Crippen MR) is 77.6 cm³/mol. The second-order valence-corrected chi connectivity index (χ2v) is 5.07. The van der Waals surface area contributed by atoms with Crippen molar-refractivity contribution in [3.8, 4) is 0 Å². The molecule has 1 saturated heterocycles. The average molecular weight is 275 g/mol. The lowest BCUT2D eigenvalue weighted by atomic mass is 10.0. The van der Waals surface area contributed by atoms with Gasteiger partial charge in [0.1, 0.15) is 0 Å². The van der Waals surface area contributed by atoms with Gasteiger partial charge in [-0.15, -0.1) is 0 Å². The molecule has 20 heavy (non-hydrogen) atoms. The van der Waals surface area contributed by atoms with Gasteiger partial charge in [-0.2, -0.15) is 0 Å². The standard InChI is InChI=1S/C15H21N3O2/c1-2-17-13-6-8-18(9-7-13)15(20)12-5-3-4-11(10-12)14(16)19/h3-5,10,13,17H,2,6-9H2,1H3,(H2,16,19). The molecule has 0 radical (unpaired) electrons. The number of nitrogens with two attached hydrogens (primary N) is 1. The van der Waals surface area contributed by atoms with E-state index >= 15 is 0 Å². The van der Waals surface area contributed by atoms with E-state index in [2.05, 4.69) is 12.2 Å². The highest BCUT2D eigenvalue weighted by Crippen LogP contribution is 2.15. The molecule has 1 aromatic rings. The Labute approximate surface area is 119 Å². The lowest BCUT2D eigenvalue weighted by Crippen LogP contribution is -2.44. The Morgan fingerprint density at radius 1 is 1.30 bits per heavy atom. The number of piperidine rings is 1. The summed E-state index contributed by atoms with van der Waals surface area (Å²) in [6.45, 7) is 4.54. The molecular weight excluding hydrogens is 254 g/mol. The first-order valence-corrected chi connectivity index (χ1v) is 7.04. The number of benzene rings is 1. The van der Waals surface area contributed by atoms with Crippen molar-refractivity contribution in [2.75, 3.05) is 19.6 Å². The maximum Gasteiger partial charge on any atom is 0.253 e. The Hall–Kier alpha value is -1.88. The van der Waals surface area contributed by atoms with Gasteiger partial charge in [-0.25, -0.2) is 0 Å². The van der Waals surface area contributed by atoms with E-state index in [0.29, 0.717) is 17.2 Å². The van der Waals surface area contributed by atoms with Gasteiger partial charge in [0.05, 0.1) is 0 Å². The summed E-state index contributed by atoms with van der Waals surface area (Å²) >= 11 is 0. The Morgan fingerprint density at radius 3 is 2.55 bits per heavy atom. The number of nitrogens with one attached hydrogen (secondary N) is 1. The van der Waals surface area contributed by atoms with Crippen LogP contribution in [0, 0.1) is 0 Å². The molecule has 2 amide bonds. The molecular formula is C15H21N3O2. The molecule has 0 aromatic heterocycles. The summed E-state index contributed by atoms with van der Waals surface area (Å²) in [6, 6.07) is 7.11. The Bertz CT molecular complexity index is 494. The van der Waals surface area contributed by atoms with Crippen LogP contribution >= 0.6 is 0 Å². The fraction of sp³-hybridized carbons (Fsp3) is 0.467. The number of primary amides is 1. The molecule has 0 bridgehead atoms. The van der Waals surface area contributed by atoms with E-state index in [4.69, 9.17) is 5.73 Å². The maximum absolute atomic E-state index is 12.4. The third-order valence-electron chi connectivity index (χ3n) is 3.67. The highest BCUT2D eigenvalue weighted by Gasteiger charge is 2.23. The van der Waals surface area contributed by atoms with Crippen molar-refractivity contribution in [3.05, 3.63) is 35.4 Å². The number of carbonyl (C=O) groups excluding carboxylic acids is 2. The smallest absolute Gasteiger partial charge is 0.253 e. The van der Waals surface area contributed by atoms with Gasteiger partial charge in [-0.05, 0) is 37.6 Å². The molecule has 3 N–H and O–H groups in total. The number of hydrogen-bond donors (Lipinski definition) is 2. The van der Waals surface area contributed by atoms with E-state index in [1.807, 2.05) is 4.90 Å². The highest BCUT2D eigenvalue weighted by atomic mass is 16.2. The lowest BCUT2D eigenvalue weighted by molar-refractivity contribution is 0.0706. The zero-order chi connectivity index (χ0) is 14.5. The van der Waals surface area contributed by atoms with Gasteiger partial charge in [0.15, 0.2) is 0 Å². The van der Waals surface area contributed by atoms with Gasteiger partial charge in [0.2, 0.25) is 5.91 Å². The van der Waals surface area contributed by atoms with Crippen LogP contribution in [0.5, 0.6) is 0 Å². The van der Waals surface area contributed by atoms with Gasteiger partial charge >= 0.3 is 0 Å². The maximum atomic E-state index is 12.4. The fourth-order valence-corrected chi connectivity index (χ4v) is 2.56. The van der Waals surface area contributed by atoms with Crippen LogP contribution in [0.4, 0.5) is 0 Å². The molecule has 0 saturated carbocycles. The van der Waals surface area contributed by atoms with Crippen molar-refractivity contribution >= 4 is 11.8 Å². The zero-order valence-corrected chi connectivity index (χ0v) is 11.8. The van der Waals surface area contributed by atoms with Crippen molar-refractivity contribution < 1.29 is 9.59 Å². The molecule has 0 aliphatic carbocycles. The number of amides is 2. The van der Waals surface area contributed by atoms with E-state index in [1.54, 1.807) is 24.3 Å². The van der Waals surface area contributed by atoms with Gasteiger partial charge in [-0.3, -0.25) is 9.59 Å². The molecule has 2 rings (SSSR count). The van der Waals surface area contributed by atoms with E-state index < -0.39 is 5.91 Å². The Balaban J connectivity index is 2.02. The van der Waals surface area contributed by atoms with Crippen LogP contribution in [-0.4, -0.2) is 42.4 Å². The summed E-state index contributed by atoms with van der Waals surface area (Å²) in [4.78, 5) is 25.4. The minimum absolute atomic E-state index is 0.0250. The second kappa shape index (κ2) is 6.52. The minimum atomic E-state index is -0.509. The number of nitrogens with zero attached hydrogens (tertiary/aromatic N) is 1. The van der Waals surface area contributed by atoms with Crippen molar-refractivity contribution in [3.63, 3.8) is 0 Å². The SMILES string of the molecule is CCNC1CCN(C(=O)c2cccc(C(N)=O)c2)CC1. The van der Waals surface area contributed by atoms with Gasteiger partial charge in [0.25, 0.3) is 5.91 Å². The summed E-state index contributed by atoms with van der Waals surface area (Å²) in [5.41, 5.74) is 6.14. The monoisotopic (exact) mass is 275 g/mol. The number of carbonyl (C=O) groups is 2. The lowest BCUT2D eigenvalue weighted by Gasteiger charge is -2.32. The van der Waals surface area contributed by atoms with E-state index in [1.165, 1.54) is 0 Å². The average Bonchev–Trinajstić information content (AvgIpc) is 2.48. The Morgan fingerprint density at radius 2 is 1.95 bits per heavy atom. The number of hydrogen-bond acceptors (Lipinski definition) is 3. The summed E-state index contributed by atoms with van der Waals surface area (Å²) in [5.74, 6) is -0.534. The number of likely N-dealkylation sites (tertiary alicyclic amines) is 1. The molecule has 1 aliphatic heterocycles. The summed E-state index contributed by atoms with van der Waals surface area (Å²) < 4.78 is 0. The molecule has 0 atom stereocenters. The summed E-state index contributed by atoms with van der Waals surface area (Å²) in [7, 11) is 0. The van der Waals surface area contributed by atoms with Crippen LogP contribution < -0.4 is 11.1 Å². The molecule has 1 aromatic carbocycles. The van der Waals surface area contributed by atoms with Crippen molar-refractivity contribution in [2.45, 2.75) is 25.8 Å². The Kier molecular flexibility index (Phi) is 4.74. The largest absolute Gasteiger partial charge is 0.366 e. The van der Waals surface area contributed by atoms with Crippen molar-refractivity contribution in [1.29, 1.82) is 0 Å². The third-order valence-corrected chi connectivity index (χ3v) is 3.67. The van der Waals surface area contributed by atoms with Gasteiger partial charge < -0.3 is 16.0 Å². The molecule has 1 fully saturated rings. The van der Waals surface area contributed by atoms with Crippen LogP contribution in [0.25, 0.3) is 0 Å². The quantitative estimate of drug-likeness (QED) is 0.860. The predicted octanol–water partition coefficient (Wildman–Crippen LogP) is 1.000. The van der Waals surface area contributed by atoms with Gasteiger partial charge in [-0.1, -0.05) is 13.0 Å². The normalized spacial score (nSPS) is 16.1. The molecule has 5 nitrogen and oxygen atoms in total. The summed E-state index contributed by atoms with van der Waals surface area (Å²) in [6.07, 6.45) is 1.93. The first-order chi connectivity index (χ1) is 9.61. The van der Waals surface area contributed by atoms with E-state index in [9.17, 15) is 9.59 Å². The van der Waals surface area contributed by atoms with Crippen molar-refractivity contribution in [1.82, 2.24) is 10.2 Å². The third kappa shape index (κ3) is 3.36. The highest BCUT2D eigenvalue weighted by molar-refractivity contribution is 5.99. The van der Waals surface area contributed by atoms with E-state index in [-0.39, 0.29) is 5.91 Å². The first-order valence-electron chi connectivity index (χ1n) is 7.04. The van der Waals surface area contributed by atoms with Crippen LogP contribution in [0.2, 0.25) is 0 Å². The molecule has 1 aliphatic rings. The van der Waals surface area contributed by atoms with E-state index in [0.717, 1.165) is 32.5 Å². The topological polar surface area (TPSA) is 75.4 Å². The van der Waals surface area contributed by atoms with Crippen LogP contribution in [0.1, 0.15) is 40.5 Å². The number of rotatable bonds is 4. The zero-order valence-electron chi connectivity index (χ0n) is 11.8. The molecule has 5 heteroatoms. The second-order valence-electron chi connectivity index (χ2n) is 5.07. The van der Waals surface area contributed by atoms with Crippen LogP contribution in [0.3, 0.4) is 0 Å². The molecule has 0 spiro atoms. The molecule has 1 heterocycles. The molecule has 0 unspecified atom stereocenters. The van der Waals surface area contributed by atoms with Crippen molar-refractivity contribution in [2.24, 2.45) is 5.73 Å². The fourth-order valence-electron chi connectivity index (χ4n) is 2.56. The molecule has 108 valence electrons. The van der Waals surface area contributed by atoms with Crippen LogP contribution in [-0.2, 0) is 0 Å².